The van der Waals surface area contributed by atoms with Crippen molar-refractivity contribution in [2.75, 3.05) is 43.5 Å². The molecule has 1 saturated heterocycles. The Morgan fingerprint density at radius 1 is 1.27 bits per heavy atom. The molecule has 0 spiro atoms. The number of piperazine rings is 1. The third-order valence-corrected chi connectivity index (χ3v) is 4.71. The number of aliphatic hydroxyl groups is 1. The Kier molecular flexibility index (Phi) is 6.25. The summed E-state index contributed by atoms with van der Waals surface area (Å²) in [6.07, 6.45) is 2.21. The van der Waals surface area contributed by atoms with E-state index >= 15 is 0 Å². The second-order valence-corrected chi connectivity index (χ2v) is 6.42. The summed E-state index contributed by atoms with van der Waals surface area (Å²) in [5.41, 5.74) is 6.97. The number of ether oxygens (including phenoxy) is 1. The van der Waals surface area contributed by atoms with Crippen molar-refractivity contribution in [3.8, 4) is 5.75 Å². The van der Waals surface area contributed by atoms with Gasteiger partial charge in [0, 0.05) is 50.5 Å². The fourth-order valence-electron chi connectivity index (χ4n) is 3.42. The zero-order valence-corrected chi connectivity index (χ0v) is 15.2. The summed E-state index contributed by atoms with van der Waals surface area (Å²) < 4.78 is 5.76. The highest BCUT2D eigenvalue weighted by Crippen LogP contribution is 2.25. The molecule has 0 aliphatic carbocycles. The first-order chi connectivity index (χ1) is 12.7. The van der Waals surface area contributed by atoms with Crippen LogP contribution in [0.5, 0.6) is 5.75 Å². The highest BCUT2D eigenvalue weighted by Gasteiger charge is 2.28. The quantitative estimate of drug-likeness (QED) is 0.777. The van der Waals surface area contributed by atoms with Crippen molar-refractivity contribution in [2.24, 2.45) is 0 Å². The van der Waals surface area contributed by atoms with E-state index in [-0.39, 0.29) is 12.6 Å². The molecule has 2 aromatic rings. The lowest BCUT2D eigenvalue weighted by molar-refractivity contribution is 0.134. The van der Waals surface area contributed by atoms with Crippen LogP contribution in [0.15, 0.2) is 36.7 Å². The molecule has 0 unspecified atom stereocenters. The normalized spacial score (nSPS) is 18.1. The van der Waals surface area contributed by atoms with Gasteiger partial charge in [0.1, 0.15) is 23.7 Å². The average Bonchev–Trinajstić information content (AvgIpc) is 2.65. The molecule has 1 aliphatic heterocycles. The van der Waals surface area contributed by atoms with E-state index in [2.05, 4.69) is 25.8 Å². The summed E-state index contributed by atoms with van der Waals surface area (Å²) >= 11 is 0. The monoisotopic (exact) mass is 357 g/mol. The maximum absolute atomic E-state index is 9.53. The fourth-order valence-corrected chi connectivity index (χ4v) is 3.42. The molecule has 1 aromatic heterocycles. The number of anilines is 2. The molecule has 1 aromatic carbocycles. The van der Waals surface area contributed by atoms with Crippen molar-refractivity contribution in [3.63, 3.8) is 0 Å². The highest BCUT2D eigenvalue weighted by molar-refractivity contribution is 5.46. The predicted octanol–water partition coefficient (Wildman–Crippen LogP) is 1.53. The van der Waals surface area contributed by atoms with Gasteiger partial charge in [0.25, 0.3) is 0 Å². The Morgan fingerprint density at radius 3 is 2.88 bits per heavy atom. The van der Waals surface area contributed by atoms with E-state index in [9.17, 15) is 5.11 Å². The molecule has 1 atom stereocenters. The average molecular weight is 357 g/mol. The van der Waals surface area contributed by atoms with Gasteiger partial charge in [-0.25, -0.2) is 9.97 Å². The number of hydrogen-bond donors (Lipinski definition) is 2. The van der Waals surface area contributed by atoms with Crippen molar-refractivity contribution in [1.29, 1.82) is 0 Å². The summed E-state index contributed by atoms with van der Waals surface area (Å²) in [6.45, 7) is 6.16. The van der Waals surface area contributed by atoms with Crippen molar-refractivity contribution in [2.45, 2.75) is 25.9 Å². The third-order valence-electron chi connectivity index (χ3n) is 4.71. The number of para-hydroxylation sites is 1. The lowest BCUT2D eigenvalue weighted by Crippen LogP contribution is -2.53. The Labute approximate surface area is 154 Å². The second kappa shape index (κ2) is 8.82. The number of rotatable bonds is 7. The minimum Gasteiger partial charge on any atom is -0.494 e. The predicted molar refractivity (Wildman–Crippen MR) is 102 cm³/mol. The van der Waals surface area contributed by atoms with Crippen LogP contribution < -0.4 is 15.4 Å². The molecule has 3 N–H and O–H groups in total. The van der Waals surface area contributed by atoms with Crippen molar-refractivity contribution >= 4 is 11.6 Å². The third kappa shape index (κ3) is 4.42. The molecule has 0 saturated carbocycles. The first kappa shape index (κ1) is 18.4. The zero-order valence-electron chi connectivity index (χ0n) is 15.2. The van der Waals surface area contributed by atoms with Gasteiger partial charge in [-0.3, -0.25) is 4.90 Å². The topological polar surface area (TPSA) is 87.7 Å². The molecule has 0 bridgehead atoms. The molecule has 0 amide bonds. The van der Waals surface area contributed by atoms with E-state index in [1.54, 1.807) is 6.07 Å². The second-order valence-electron chi connectivity index (χ2n) is 6.42. The van der Waals surface area contributed by atoms with Crippen LogP contribution in [0.4, 0.5) is 11.6 Å². The van der Waals surface area contributed by atoms with Crippen LogP contribution in [0.25, 0.3) is 0 Å². The number of aliphatic hydroxyl groups excluding tert-OH is 1. The molecule has 140 valence electrons. The largest absolute Gasteiger partial charge is 0.494 e. The Hall–Kier alpha value is -2.38. The van der Waals surface area contributed by atoms with Crippen LogP contribution in [0.3, 0.4) is 0 Å². The lowest BCUT2D eigenvalue weighted by atomic mass is 10.1. The number of aromatic nitrogens is 2. The van der Waals surface area contributed by atoms with Gasteiger partial charge < -0.3 is 20.5 Å². The Balaban J connectivity index is 1.73. The molecule has 1 aliphatic rings. The van der Waals surface area contributed by atoms with Gasteiger partial charge in [-0.2, -0.15) is 0 Å². The number of nitrogens with zero attached hydrogens (tertiary/aromatic N) is 4. The summed E-state index contributed by atoms with van der Waals surface area (Å²) in [5.74, 6) is 2.25. The minimum absolute atomic E-state index is 0.161. The Morgan fingerprint density at radius 2 is 2.12 bits per heavy atom. The van der Waals surface area contributed by atoms with Crippen LogP contribution in [0.1, 0.15) is 18.9 Å². The minimum atomic E-state index is 0.161. The number of hydrogen-bond acceptors (Lipinski definition) is 7. The number of nitrogen functional groups attached to an aromatic ring is 1. The van der Waals surface area contributed by atoms with Crippen LogP contribution in [0.2, 0.25) is 0 Å². The molecule has 2 heterocycles. The lowest BCUT2D eigenvalue weighted by Gasteiger charge is -2.42. The van der Waals surface area contributed by atoms with E-state index in [4.69, 9.17) is 10.5 Å². The summed E-state index contributed by atoms with van der Waals surface area (Å²) in [7, 11) is 0. The molecule has 7 heteroatoms. The molecular formula is C19H27N5O2. The van der Waals surface area contributed by atoms with Gasteiger partial charge in [-0.15, -0.1) is 0 Å². The van der Waals surface area contributed by atoms with Gasteiger partial charge >= 0.3 is 0 Å². The van der Waals surface area contributed by atoms with E-state index in [1.165, 1.54) is 11.9 Å². The molecule has 3 rings (SSSR count). The van der Waals surface area contributed by atoms with Crippen molar-refractivity contribution in [1.82, 2.24) is 14.9 Å². The molecule has 26 heavy (non-hydrogen) atoms. The molecular weight excluding hydrogens is 330 g/mol. The van der Waals surface area contributed by atoms with Crippen LogP contribution >= 0.6 is 0 Å². The van der Waals surface area contributed by atoms with Crippen LogP contribution in [-0.4, -0.2) is 58.9 Å². The van der Waals surface area contributed by atoms with Gasteiger partial charge in [0.2, 0.25) is 0 Å². The number of benzene rings is 1. The van der Waals surface area contributed by atoms with Gasteiger partial charge in [-0.1, -0.05) is 18.2 Å². The summed E-state index contributed by atoms with van der Waals surface area (Å²) in [4.78, 5) is 12.9. The maximum Gasteiger partial charge on any atom is 0.134 e. The fraction of sp³-hybridized carbons (Fsp3) is 0.474. The summed E-state index contributed by atoms with van der Waals surface area (Å²) in [5, 5.41) is 9.53. The van der Waals surface area contributed by atoms with E-state index in [0.29, 0.717) is 18.8 Å². The maximum atomic E-state index is 9.53. The first-order valence-electron chi connectivity index (χ1n) is 9.09. The van der Waals surface area contributed by atoms with Gasteiger partial charge in [0.15, 0.2) is 0 Å². The zero-order chi connectivity index (χ0) is 18.4. The SMILES string of the molecule is CCOc1ccccc1CN1CCN(c2cc(N)ncn2)C[C@H]1CCO. The van der Waals surface area contributed by atoms with Crippen molar-refractivity contribution in [3.05, 3.63) is 42.2 Å². The van der Waals surface area contributed by atoms with Crippen molar-refractivity contribution < 1.29 is 9.84 Å². The van der Waals surface area contributed by atoms with E-state index in [0.717, 1.165) is 37.7 Å². The van der Waals surface area contributed by atoms with E-state index < -0.39 is 0 Å². The molecule has 7 nitrogen and oxygen atoms in total. The Bertz CT molecular complexity index is 712. The first-order valence-corrected chi connectivity index (χ1v) is 9.09. The van der Waals surface area contributed by atoms with Gasteiger partial charge in [0.05, 0.1) is 6.61 Å². The smallest absolute Gasteiger partial charge is 0.134 e. The standard InChI is InChI=1S/C19H27N5O2/c1-2-26-17-6-4-3-5-15(17)12-23-8-9-24(13-16(23)7-10-25)19-11-18(20)21-14-22-19/h3-6,11,14,16,25H,2,7-10,12-13H2,1H3,(H2,20,21,22)/t16-/m1/s1. The molecule has 1 fully saturated rings. The summed E-state index contributed by atoms with van der Waals surface area (Å²) in [6, 6.07) is 10.2. The highest BCUT2D eigenvalue weighted by atomic mass is 16.5. The molecule has 0 radical (unpaired) electrons. The number of nitrogens with two attached hydrogens (primary N) is 1. The van der Waals surface area contributed by atoms with Gasteiger partial charge in [-0.05, 0) is 19.4 Å². The van der Waals surface area contributed by atoms with Crippen LogP contribution in [0, 0.1) is 0 Å². The van der Waals surface area contributed by atoms with E-state index in [1.807, 2.05) is 25.1 Å². The van der Waals surface area contributed by atoms with Crippen LogP contribution in [-0.2, 0) is 6.54 Å².